The van der Waals surface area contributed by atoms with Crippen LogP contribution in [0.4, 0.5) is 5.69 Å². The van der Waals surface area contributed by atoms with Crippen LogP contribution in [0.15, 0.2) is 18.2 Å². The zero-order valence-corrected chi connectivity index (χ0v) is 10.9. The van der Waals surface area contributed by atoms with Gasteiger partial charge in [-0.15, -0.1) is 0 Å². The number of hydrogen-bond acceptors (Lipinski definition) is 3. The van der Waals surface area contributed by atoms with Gasteiger partial charge in [-0.3, -0.25) is 14.5 Å². The molecule has 1 aliphatic rings. The lowest BCUT2D eigenvalue weighted by atomic mass is 10.0. The summed E-state index contributed by atoms with van der Waals surface area (Å²) < 4.78 is 0. The summed E-state index contributed by atoms with van der Waals surface area (Å²) in [5.41, 5.74) is 7.77. The Morgan fingerprint density at radius 2 is 1.95 bits per heavy atom. The van der Waals surface area contributed by atoms with Crippen LogP contribution in [0.1, 0.15) is 30.4 Å². The SMILES string of the molecule is Cc1cc(N2C(=O)CCCC2=O)ccc1C#CCN. The van der Waals surface area contributed by atoms with Crippen molar-refractivity contribution in [2.24, 2.45) is 5.73 Å². The van der Waals surface area contributed by atoms with E-state index in [0.29, 0.717) is 31.5 Å². The van der Waals surface area contributed by atoms with Crippen LogP contribution in [-0.2, 0) is 9.59 Å². The molecule has 1 saturated heterocycles. The van der Waals surface area contributed by atoms with Gasteiger partial charge in [0.1, 0.15) is 0 Å². The molecule has 2 rings (SSSR count). The van der Waals surface area contributed by atoms with Crippen LogP contribution in [0.25, 0.3) is 0 Å². The average Bonchev–Trinajstić information content (AvgIpc) is 2.37. The molecule has 0 unspecified atom stereocenters. The lowest BCUT2D eigenvalue weighted by Gasteiger charge is -2.25. The summed E-state index contributed by atoms with van der Waals surface area (Å²) >= 11 is 0. The Kier molecular flexibility index (Phi) is 3.98. The quantitative estimate of drug-likeness (QED) is 0.609. The highest BCUT2D eigenvalue weighted by Crippen LogP contribution is 2.24. The second-order valence-corrected chi connectivity index (χ2v) is 4.48. The highest BCUT2D eigenvalue weighted by molar-refractivity contribution is 6.16. The fourth-order valence-electron chi connectivity index (χ4n) is 2.11. The monoisotopic (exact) mass is 256 g/mol. The number of piperidine rings is 1. The molecule has 0 radical (unpaired) electrons. The van der Waals surface area contributed by atoms with Crippen molar-refractivity contribution in [3.05, 3.63) is 29.3 Å². The number of hydrogen-bond donors (Lipinski definition) is 1. The summed E-state index contributed by atoms with van der Waals surface area (Å²) in [4.78, 5) is 24.9. The van der Waals surface area contributed by atoms with Crippen LogP contribution >= 0.6 is 0 Å². The number of amides is 2. The van der Waals surface area contributed by atoms with Gasteiger partial charge in [0.25, 0.3) is 0 Å². The Morgan fingerprint density at radius 1 is 1.26 bits per heavy atom. The van der Waals surface area contributed by atoms with E-state index in [0.717, 1.165) is 11.1 Å². The molecule has 1 aromatic carbocycles. The minimum absolute atomic E-state index is 0.128. The molecule has 1 heterocycles. The molecule has 19 heavy (non-hydrogen) atoms. The third-order valence-corrected chi connectivity index (χ3v) is 3.07. The van der Waals surface area contributed by atoms with Gasteiger partial charge in [0, 0.05) is 18.4 Å². The highest BCUT2D eigenvalue weighted by Gasteiger charge is 2.27. The van der Waals surface area contributed by atoms with Crippen molar-refractivity contribution in [1.82, 2.24) is 0 Å². The summed E-state index contributed by atoms with van der Waals surface area (Å²) in [5.74, 6) is 5.50. The van der Waals surface area contributed by atoms with Gasteiger partial charge in [-0.25, -0.2) is 0 Å². The zero-order chi connectivity index (χ0) is 13.8. The van der Waals surface area contributed by atoms with E-state index in [4.69, 9.17) is 5.73 Å². The van der Waals surface area contributed by atoms with Crippen molar-refractivity contribution in [2.75, 3.05) is 11.4 Å². The maximum Gasteiger partial charge on any atom is 0.233 e. The van der Waals surface area contributed by atoms with E-state index >= 15 is 0 Å². The van der Waals surface area contributed by atoms with E-state index in [-0.39, 0.29) is 11.8 Å². The molecule has 0 aromatic heterocycles. The van der Waals surface area contributed by atoms with Gasteiger partial charge >= 0.3 is 0 Å². The Bertz CT molecular complexity index is 566. The lowest BCUT2D eigenvalue weighted by Crippen LogP contribution is -2.40. The fourth-order valence-corrected chi connectivity index (χ4v) is 2.11. The smallest absolute Gasteiger partial charge is 0.233 e. The summed E-state index contributed by atoms with van der Waals surface area (Å²) in [6.45, 7) is 2.22. The molecule has 4 nitrogen and oxygen atoms in total. The standard InChI is InChI=1S/C15H16N2O2/c1-11-10-13(8-7-12(11)4-3-9-16)17-14(18)5-2-6-15(17)19/h7-8,10H,2,5-6,9,16H2,1H3. The number of nitrogens with two attached hydrogens (primary N) is 1. The Morgan fingerprint density at radius 3 is 2.53 bits per heavy atom. The molecule has 2 N–H and O–H groups in total. The summed E-state index contributed by atoms with van der Waals surface area (Å²) in [6.07, 6.45) is 1.51. The van der Waals surface area contributed by atoms with Crippen LogP contribution in [0.5, 0.6) is 0 Å². The lowest BCUT2D eigenvalue weighted by molar-refractivity contribution is -0.129. The largest absolute Gasteiger partial charge is 0.320 e. The number of carbonyl (C=O) groups excluding carboxylic acids is 2. The summed E-state index contributed by atoms with van der Waals surface area (Å²) in [5, 5.41) is 0. The van der Waals surface area contributed by atoms with Gasteiger partial charge in [0.05, 0.1) is 12.2 Å². The minimum atomic E-state index is -0.128. The van der Waals surface area contributed by atoms with E-state index in [1.807, 2.05) is 19.1 Å². The van der Waals surface area contributed by atoms with Gasteiger partial charge in [-0.1, -0.05) is 11.8 Å². The molecule has 0 bridgehead atoms. The topological polar surface area (TPSA) is 63.4 Å². The molecular formula is C15H16N2O2. The van der Waals surface area contributed by atoms with Gasteiger partial charge in [0.15, 0.2) is 0 Å². The van der Waals surface area contributed by atoms with Gasteiger partial charge < -0.3 is 5.73 Å². The highest BCUT2D eigenvalue weighted by atomic mass is 16.2. The molecule has 98 valence electrons. The molecule has 0 atom stereocenters. The predicted molar refractivity (Wildman–Crippen MR) is 73.5 cm³/mol. The molecule has 0 aliphatic carbocycles. The second-order valence-electron chi connectivity index (χ2n) is 4.48. The van der Waals surface area contributed by atoms with Crippen LogP contribution in [0.3, 0.4) is 0 Å². The molecular weight excluding hydrogens is 240 g/mol. The first-order chi connectivity index (χ1) is 9.13. The summed E-state index contributed by atoms with van der Waals surface area (Å²) in [6, 6.07) is 5.40. The molecule has 0 saturated carbocycles. The maximum atomic E-state index is 11.8. The van der Waals surface area contributed by atoms with E-state index in [1.54, 1.807) is 6.07 Å². The normalized spacial score (nSPS) is 15.2. The first-order valence-electron chi connectivity index (χ1n) is 6.29. The number of carbonyl (C=O) groups is 2. The van der Waals surface area contributed by atoms with Crippen LogP contribution < -0.4 is 10.6 Å². The van der Waals surface area contributed by atoms with Gasteiger partial charge in [-0.2, -0.15) is 0 Å². The number of aryl methyl sites for hydroxylation is 1. The number of nitrogens with zero attached hydrogens (tertiary/aromatic N) is 1. The number of benzene rings is 1. The van der Waals surface area contributed by atoms with Crippen LogP contribution in [0, 0.1) is 18.8 Å². The zero-order valence-electron chi connectivity index (χ0n) is 10.9. The Hall–Kier alpha value is -2.12. The molecule has 1 fully saturated rings. The predicted octanol–water partition coefficient (Wildman–Crippen LogP) is 1.35. The van der Waals surface area contributed by atoms with Gasteiger partial charge in [-0.05, 0) is 37.1 Å². The van der Waals surface area contributed by atoms with Crippen LogP contribution in [-0.4, -0.2) is 18.4 Å². The van der Waals surface area contributed by atoms with Crippen LogP contribution in [0.2, 0.25) is 0 Å². The fraction of sp³-hybridized carbons (Fsp3) is 0.333. The van der Waals surface area contributed by atoms with E-state index in [1.165, 1.54) is 4.90 Å². The van der Waals surface area contributed by atoms with Crippen molar-refractivity contribution in [3.8, 4) is 11.8 Å². The third-order valence-electron chi connectivity index (χ3n) is 3.07. The Balaban J connectivity index is 2.33. The van der Waals surface area contributed by atoms with E-state index < -0.39 is 0 Å². The first-order valence-corrected chi connectivity index (χ1v) is 6.29. The van der Waals surface area contributed by atoms with Crippen molar-refractivity contribution in [1.29, 1.82) is 0 Å². The third kappa shape index (κ3) is 2.83. The van der Waals surface area contributed by atoms with Crippen molar-refractivity contribution >= 4 is 17.5 Å². The van der Waals surface area contributed by atoms with Gasteiger partial charge in [0.2, 0.25) is 11.8 Å². The first kappa shape index (κ1) is 13.3. The number of anilines is 1. The number of rotatable bonds is 1. The molecule has 0 spiro atoms. The molecule has 1 aliphatic heterocycles. The van der Waals surface area contributed by atoms with E-state index in [2.05, 4.69) is 11.8 Å². The second kappa shape index (κ2) is 5.68. The van der Waals surface area contributed by atoms with Crippen molar-refractivity contribution < 1.29 is 9.59 Å². The van der Waals surface area contributed by atoms with E-state index in [9.17, 15) is 9.59 Å². The number of imide groups is 1. The maximum absolute atomic E-state index is 11.8. The molecule has 1 aromatic rings. The van der Waals surface area contributed by atoms with Crippen molar-refractivity contribution in [3.63, 3.8) is 0 Å². The minimum Gasteiger partial charge on any atom is -0.320 e. The average molecular weight is 256 g/mol. The Labute approximate surface area is 112 Å². The van der Waals surface area contributed by atoms with Crippen molar-refractivity contribution in [2.45, 2.75) is 26.2 Å². The summed E-state index contributed by atoms with van der Waals surface area (Å²) in [7, 11) is 0. The molecule has 2 amide bonds. The molecule has 4 heteroatoms.